The van der Waals surface area contributed by atoms with E-state index in [0.717, 1.165) is 10.4 Å². The molecule has 2 nitrogen and oxygen atoms in total. The van der Waals surface area contributed by atoms with E-state index >= 15 is 0 Å². The zero-order valence-corrected chi connectivity index (χ0v) is 6.88. The fraction of sp³-hybridized carbons (Fsp3) is 0.286. The predicted molar refractivity (Wildman–Crippen MR) is 44.8 cm³/mol. The summed E-state index contributed by atoms with van der Waals surface area (Å²) in [6.45, 7) is 3.99. The van der Waals surface area contributed by atoms with Gasteiger partial charge >= 0.3 is 0 Å². The van der Waals surface area contributed by atoms with Crippen LogP contribution in [0, 0.1) is 19.3 Å². The molecule has 0 saturated heterocycles. The maximum atomic E-state index is 7.18. The van der Waals surface area contributed by atoms with Crippen LogP contribution in [0.5, 0.6) is 0 Å². The molecule has 0 aromatic carbocycles. The summed E-state index contributed by atoms with van der Waals surface area (Å²) < 4.78 is 0. The second kappa shape index (κ2) is 2.42. The van der Waals surface area contributed by atoms with E-state index in [1.807, 2.05) is 19.9 Å². The molecule has 0 amide bonds. The summed E-state index contributed by atoms with van der Waals surface area (Å²) in [7, 11) is 0. The third kappa shape index (κ3) is 1.19. The zero-order chi connectivity index (χ0) is 7.72. The monoisotopic (exact) mass is 154 g/mol. The molecule has 0 unspecified atom stereocenters. The zero-order valence-electron chi connectivity index (χ0n) is 6.06. The number of hydrogen-bond acceptors (Lipinski definition) is 2. The molecule has 0 aliphatic heterocycles. The van der Waals surface area contributed by atoms with Crippen LogP contribution < -0.4 is 5.73 Å². The molecule has 0 bridgehead atoms. The van der Waals surface area contributed by atoms with Gasteiger partial charge in [-0.15, -0.1) is 11.3 Å². The van der Waals surface area contributed by atoms with Crippen molar-refractivity contribution in [2.45, 2.75) is 13.8 Å². The molecule has 0 fully saturated rings. The molecule has 0 aliphatic carbocycles. The number of nitrogens with two attached hydrogens (primary N) is 1. The van der Waals surface area contributed by atoms with Gasteiger partial charge in [-0.05, 0) is 25.5 Å². The number of thiophene rings is 1. The minimum atomic E-state index is 0.176. The quantitative estimate of drug-likeness (QED) is 0.469. The molecule has 0 radical (unpaired) electrons. The van der Waals surface area contributed by atoms with E-state index in [1.54, 1.807) is 11.3 Å². The summed E-state index contributed by atoms with van der Waals surface area (Å²) in [4.78, 5) is 2.11. The molecule has 0 atom stereocenters. The molecule has 3 heteroatoms. The predicted octanol–water partition coefficient (Wildman–Crippen LogP) is 1.65. The van der Waals surface area contributed by atoms with Crippen LogP contribution >= 0.6 is 11.3 Å². The summed E-state index contributed by atoms with van der Waals surface area (Å²) in [5.74, 6) is 0.176. The third-order valence-electron chi connectivity index (χ3n) is 1.29. The first-order valence-corrected chi connectivity index (χ1v) is 3.84. The lowest BCUT2D eigenvalue weighted by Gasteiger charge is -1.91. The fourth-order valence-corrected chi connectivity index (χ4v) is 1.80. The Balaban J connectivity index is 3.15. The highest BCUT2D eigenvalue weighted by molar-refractivity contribution is 7.14. The third-order valence-corrected chi connectivity index (χ3v) is 2.47. The fourth-order valence-electron chi connectivity index (χ4n) is 0.909. The van der Waals surface area contributed by atoms with Crippen LogP contribution in [0.2, 0.25) is 0 Å². The van der Waals surface area contributed by atoms with Gasteiger partial charge in [-0.25, -0.2) is 0 Å². The first-order chi connectivity index (χ1) is 4.61. The van der Waals surface area contributed by atoms with E-state index in [9.17, 15) is 0 Å². The Morgan fingerprint density at radius 3 is 2.40 bits per heavy atom. The molecule has 3 N–H and O–H groups in total. The highest BCUT2D eigenvalue weighted by Crippen LogP contribution is 2.19. The van der Waals surface area contributed by atoms with Gasteiger partial charge in [0.05, 0.1) is 4.88 Å². The molecular weight excluding hydrogens is 144 g/mol. The maximum absolute atomic E-state index is 7.18. The van der Waals surface area contributed by atoms with Crippen LogP contribution in [0.3, 0.4) is 0 Å². The highest BCUT2D eigenvalue weighted by Gasteiger charge is 2.03. The van der Waals surface area contributed by atoms with Gasteiger partial charge in [0.15, 0.2) is 0 Å². The minimum Gasteiger partial charge on any atom is -0.383 e. The SMILES string of the molecule is Cc1cc(C)c(C(=N)N)s1. The Morgan fingerprint density at radius 2 is 2.20 bits per heavy atom. The summed E-state index contributed by atoms with van der Waals surface area (Å²) in [5, 5.41) is 7.18. The van der Waals surface area contributed by atoms with Crippen molar-refractivity contribution in [1.29, 1.82) is 5.41 Å². The summed E-state index contributed by atoms with van der Waals surface area (Å²) in [5.41, 5.74) is 6.43. The molecule has 10 heavy (non-hydrogen) atoms. The van der Waals surface area contributed by atoms with Gasteiger partial charge in [-0.2, -0.15) is 0 Å². The number of nitrogen functional groups attached to an aromatic ring is 1. The van der Waals surface area contributed by atoms with E-state index in [2.05, 4.69) is 0 Å². The number of amidine groups is 1. The number of hydrogen-bond donors (Lipinski definition) is 2. The van der Waals surface area contributed by atoms with Crippen molar-refractivity contribution in [3.8, 4) is 0 Å². The van der Waals surface area contributed by atoms with Crippen LogP contribution in [0.4, 0.5) is 0 Å². The number of aryl methyl sites for hydroxylation is 2. The van der Waals surface area contributed by atoms with E-state index < -0.39 is 0 Å². The molecule has 0 spiro atoms. The summed E-state index contributed by atoms with van der Waals surface area (Å²) >= 11 is 1.57. The van der Waals surface area contributed by atoms with Crippen LogP contribution in [-0.4, -0.2) is 5.84 Å². The lowest BCUT2D eigenvalue weighted by Crippen LogP contribution is -2.09. The lowest BCUT2D eigenvalue weighted by molar-refractivity contribution is 1.41. The van der Waals surface area contributed by atoms with Gasteiger partial charge in [0, 0.05) is 4.88 Å². The maximum Gasteiger partial charge on any atom is 0.133 e. The van der Waals surface area contributed by atoms with Gasteiger partial charge < -0.3 is 5.73 Å². The Labute approximate surface area is 64.2 Å². The lowest BCUT2D eigenvalue weighted by atomic mass is 10.2. The molecule has 1 aromatic rings. The highest BCUT2D eigenvalue weighted by atomic mass is 32.1. The van der Waals surface area contributed by atoms with Gasteiger partial charge in [-0.3, -0.25) is 5.41 Å². The van der Waals surface area contributed by atoms with Crippen LogP contribution in [0.25, 0.3) is 0 Å². The van der Waals surface area contributed by atoms with Gasteiger partial charge in [0.25, 0.3) is 0 Å². The van der Waals surface area contributed by atoms with E-state index in [1.165, 1.54) is 4.88 Å². The van der Waals surface area contributed by atoms with Crippen LogP contribution in [0.15, 0.2) is 6.07 Å². The largest absolute Gasteiger partial charge is 0.383 e. The average molecular weight is 154 g/mol. The molecule has 0 aliphatic rings. The van der Waals surface area contributed by atoms with E-state index in [4.69, 9.17) is 11.1 Å². The van der Waals surface area contributed by atoms with Gasteiger partial charge in [-0.1, -0.05) is 0 Å². The first kappa shape index (κ1) is 7.28. The molecule has 1 rings (SSSR count). The number of nitrogens with one attached hydrogen (secondary N) is 1. The first-order valence-electron chi connectivity index (χ1n) is 3.02. The van der Waals surface area contributed by atoms with Crippen molar-refractivity contribution in [2.24, 2.45) is 5.73 Å². The van der Waals surface area contributed by atoms with E-state index in [0.29, 0.717) is 0 Å². The Hall–Kier alpha value is -0.830. The normalized spacial score (nSPS) is 9.80. The molecule has 54 valence electrons. The summed E-state index contributed by atoms with van der Waals surface area (Å²) in [6.07, 6.45) is 0. The Bertz CT molecular complexity index is 263. The van der Waals surface area contributed by atoms with Crippen molar-refractivity contribution in [1.82, 2.24) is 0 Å². The Morgan fingerprint density at radius 1 is 1.60 bits per heavy atom. The van der Waals surface area contributed by atoms with Crippen molar-refractivity contribution in [3.63, 3.8) is 0 Å². The van der Waals surface area contributed by atoms with Crippen molar-refractivity contribution in [2.75, 3.05) is 0 Å². The van der Waals surface area contributed by atoms with Crippen LogP contribution in [0.1, 0.15) is 15.3 Å². The second-order valence-electron chi connectivity index (χ2n) is 2.28. The molecule has 0 saturated carbocycles. The van der Waals surface area contributed by atoms with Crippen LogP contribution in [-0.2, 0) is 0 Å². The Kier molecular flexibility index (Phi) is 1.76. The molecular formula is C7H10N2S. The smallest absolute Gasteiger partial charge is 0.133 e. The van der Waals surface area contributed by atoms with Crippen molar-refractivity contribution < 1.29 is 0 Å². The second-order valence-corrected chi connectivity index (χ2v) is 3.54. The molecule has 1 heterocycles. The van der Waals surface area contributed by atoms with Crippen molar-refractivity contribution >= 4 is 17.2 Å². The minimum absolute atomic E-state index is 0.176. The van der Waals surface area contributed by atoms with E-state index in [-0.39, 0.29) is 5.84 Å². The topological polar surface area (TPSA) is 49.9 Å². The molecule has 1 aromatic heterocycles. The average Bonchev–Trinajstić information content (AvgIpc) is 2.10. The van der Waals surface area contributed by atoms with Gasteiger partial charge in [0.1, 0.15) is 5.84 Å². The standard InChI is InChI=1S/C7H10N2S/c1-4-3-5(2)10-6(4)7(8)9/h3H,1-2H3,(H3,8,9). The summed E-state index contributed by atoms with van der Waals surface area (Å²) in [6, 6.07) is 2.04. The van der Waals surface area contributed by atoms with Crippen molar-refractivity contribution in [3.05, 3.63) is 21.4 Å². The van der Waals surface area contributed by atoms with Gasteiger partial charge in [0.2, 0.25) is 0 Å². The number of rotatable bonds is 1.